The van der Waals surface area contributed by atoms with Gasteiger partial charge in [-0.25, -0.2) is 18.2 Å². The molecule has 34 heavy (non-hydrogen) atoms. The number of aryl methyl sites for hydroxylation is 2. The van der Waals surface area contributed by atoms with Crippen LogP contribution in [0.15, 0.2) is 65.6 Å². The first-order valence-electron chi connectivity index (χ1n) is 10.5. The third-order valence-corrected chi connectivity index (χ3v) is 7.32. The number of sulfonamides is 1. The summed E-state index contributed by atoms with van der Waals surface area (Å²) in [6.45, 7) is 6.23. The number of anilines is 3. The molecule has 0 fully saturated rings. The van der Waals surface area contributed by atoms with Crippen LogP contribution in [0.4, 0.5) is 21.3 Å². The number of urea groups is 1. The van der Waals surface area contributed by atoms with Crippen LogP contribution in [0.1, 0.15) is 18.1 Å². The molecule has 176 valence electrons. The van der Waals surface area contributed by atoms with E-state index in [2.05, 4.69) is 20.3 Å². The van der Waals surface area contributed by atoms with Gasteiger partial charge < -0.3 is 15.4 Å². The van der Waals surface area contributed by atoms with Crippen LogP contribution < -0.4 is 20.1 Å². The molecular weight excluding hydrogens is 472 g/mol. The minimum Gasteiger partial charge on any atom is -0.494 e. The quantitative estimate of drug-likeness (QED) is 0.301. The lowest BCUT2D eigenvalue weighted by Gasteiger charge is -2.09. The molecule has 10 heteroatoms. The molecule has 0 atom stereocenters. The van der Waals surface area contributed by atoms with Crippen LogP contribution in [0, 0.1) is 13.8 Å². The van der Waals surface area contributed by atoms with Crippen molar-refractivity contribution in [3.8, 4) is 5.75 Å². The fourth-order valence-electron chi connectivity index (χ4n) is 3.30. The number of amides is 2. The smallest absolute Gasteiger partial charge is 0.323 e. The van der Waals surface area contributed by atoms with E-state index in [-0.39, 0.29) is 10.0 Å². The van der Waals surface area contributed by atoms with Crippen molar-refractivity contribution in [3.05, 3.63) is 71.8 Å². The monoisotopic (exact) mass is 496 g/mol. The molecule has 0 aliphatic heterocycles. The number of carbonyl (C=O) groups is 1. The number of rotatable bonds is 7. The number of aromatic nitrogens is 1. The summed E-state index contributed by atoms with van der Waals surface area (Å²) in [5, 5.41) is 5.85. The van der Waals surface area contributed by atoms with E-state index in [0.717, 1.165) is 21.6 Å². The Morgan fingerprint density at radius 1 is 0.971 bits per heavy atom. The number of ether oxygens (including phenoxy) is 1. The van der Waals surface area contributed by atoms with Gasteiger partial charge in [-0.05, 0) is 74.9 Å². The van der Waals surface area contributed by atoms with Gasteiger partial charge in [-0.15, -0.1) is 0 Å². The first-order valence-corrected chi connectivity index (χ1v) is 12.8. The first kappa shape index (κ1) is 23.5. The van der Waals surface area contributed by atoms with Crippen LogP contribution in [0.2, 0.25) is 0 Å². The van der Waals surface area contributed by atoms with Gasteiger partial charge in [0.1, 0.15) is 5.75 Å². The maximum atomic E-state index is 12.7. The molecule has 8 nitrogen and oxygen atoms in total. The zero-order valence-electron chi connectivity index (χ0n) is 18.9. The summed E-state index contributed by atoms with van der Waals surface area (Å²) in [6, 6.07) is 16.8. The van der Waals surface area contributed by atoms with Gasteiger partial charge in [-0.3, -0.25) is 4.72 Å². The highest BCUT2D eigenvalue weighted by molar-refractivity contribution is 7.93. The minimum absolute atomic E-state index is 0.169. The highest BCUT2D eigenvalue weighted by Gasteiger charge is 2.17. The van der Waals surface area contributed by atoms with E-state index in [1.165, 1.54) is 11.3 Å². The van der Waals surface area contributed by atoms with E-state index >= 15 is 0 Å². The third-order valence-electron chi connectivity index (χ3n) is 4.92. The molecule has 3 N–H and O–H groups in total. The molecule has 0 saturated carbocycles. The number of thiazole rings is 1. The third kappa shape index (κ3) is 5.46. The zero-order chi connectivity index (χ0) is 24.3. The lowest BCUT2D eigenvalue weighted by Crippen LogP contribution is -2.19. The molecule has 4 aromatic rings. The van der Waals surface area contributed by atoms with Gasteiger partial charge in [0, 0.05) is 11.4 Å². The second kappa shape index (κ2) is 9.70. The Bertz CT molecular complexity index is 1430. The zero-order valence-corrected chi connectivity index (χ0v) is 20.5. The maximum absolute atomic E-state index is 12.7. The van der Waals surface area contributed by atoms with Crippen LogP contribution in [-0.4, -0.2) is 26.0 Å². The van der Waals surface area contributed by atoms with Crippen LogP contribution in [-0.2, 0) is 10.0 Å². The molecule has 0 unspecified atom stereocenters. The molecule has 2 amide bonds. The van der Waals surface area contributed by atoms with E-state index in [9.17, 15) is 13.2 Å². The van der Waals surface area contributed by atoms with Crippen molar-refractivity contribution in [1.29, 1.82) is 0 Å². The van der Waals surface area contributed by atoms with Gasteiger partial charge in [0.15, 0.2) is 5.13 Å². The minimum atomic E-state index is -3.75. The lowest BCUT2D eigenvalue weighted by molar-refractivity contribution is 0.262. The molecule has 0 aliphatic rings. The van der Waals surface area contributed by atoms with Gasteiger partial charge in [0.05, 0.1) is 21.7 Å². The second-order valence-corrected chi connectivity index (χ2v) is 10.3. The highest BCUT2D eigenvalue weighted by Crippen LogP contribution is 2.32. The normalized spacial score (nSPS) is 11.3. The summed E-state index contributed by atoms with van der Waals surface area (Å²) in [5.41, 5.74) is 3.66. The summed E-state index contributed by atoms with van der Waals surface area (Å²) in [6.07, 6.45) is 0. The SMILES string of the molecule is CCOc1ccc(NC(=O)Nc2cc(C)c3nc(NS(=O)(=O)c4ccc(C)cc4)sc3c2)cc1. The van der Waals surface area contributed by atoms with Crippen LogP contribution in [0.25, 0.3) is 10.2 Å². The van der Waals surface area contributed by atoms with Gasteiger partial charge in [-0.1, -0.05) is 29.0 Å². The van der Waals surface area contributed by atoms with Crippen LogP contribution in [0.5, 0.6) is 5.75 Å². The molecule has 0 saturated heterocycles. The Morgan fingerprint density at radius 3 is 2.32 bits per heavy atom. The number of benzene rings is 3. The Balaban J connectivity index is 1.49. The number of fused-ring (bicyclic) bond motifs is 1. The molecule has 3 aromatic carbocycles. The Hall–Kier alpha value is -3.63. The summed E-state index contributed by atoms with van der Waals surface area (Å²) < 4.78 is 34.1. The molecule has 0 radical (unpaired) electrons. The molecule has 0 aliphatic carbocycles. The van der Waals surface area contributed by atoms with Crippen LogP contribution >= 0.6 is 11.3 Å². The predicted molar refractivity (Wildman–Crippen MR) is 137 cm³/mol. The topological polar surface area (TPSA) is 109 Å². The fourth-order valence-corrected chi connectivity index (χ4v) is 5.52. The molecule has 0 bridgehead atoms. The summed E-state index contributed by atoms with van der Waals surface area (Å²) >= 11 is 1.20. The Morgan fingerprint density at radius 2 is 1.65 bits per heavy atom. The number of hydrogen-bond acceptors (Lipinski definition) is 6. The molecular formula is C24H24N4O4S2. The largest absolute Gasteiger partial charge is 0.494 e. The number of hydrogen-bond donors (Lipinski definition) is 3. The summed E-state index contributed by atoms with van der Waals surface area (Å²) in [4.78, 5) is 17.1. The molecule has 1 aromatic heterocycles. The Labute approximate surface area is 202 Å². The van der Waals surface area contributed by atoms with E-state index in [4.69, 9.17) is 4.74 Å². The van der Waals surface area contributed by atoms with Crippen molar-refractivity contribution in [1.82, 2.24) is 4.98 Å². The average molecular weight is 497 g/mol. The van der Waals surface area contributed by atoms with E-state index in [1.54, 1.807) is 60.7 Å². The van der Waals surface area contributed by atoms with Crippen molar-refractivity contribution in [2.45, 2.75) is 25.7 Å². The predicted octanol–water partition coefficient (Wildman–Crippen LogP) is 5.76. The molecule has 4 rings (SSSR count). The van der Waals surface area contributed by atoms with Crippen LogP contribution in [0.3, 0.4) is 0 Å². The first-order chi connectivity index (χ1) is 16.2. The number of nitrogens with zero attached hydrogens (tertiary/aromatic N) is 1. The average Bonchev–Trinajstić information content (AvgIpc) is 3.18. The van der Waals surface area contributed by atoms with E-state index in [1.807, 2.05) is 20.8 Å². The molecule has 1 heterocycles. The second-order valence-electron chi connectivity index (χ2n) is 7.61. The summed E-state index contributed by atoms with van der Waals surface area (Å²) in [7, 11) is -3.75. The van der Waals surface area contributed by atoms with Gasteiger partial charge in [0.2, 0.25) is 0 Å². The van der Waals surface area contributed by atoms with Crippen molar-refractivity contribution >= 4 is 54.1 Å². The lowest BCUT2D eigenvalue weighted by atomic mass is 10.2. The van der Waals surface area contributed by atoms with Crippen molar-refractivity contribution in [3.63, 3.8) is 0 Å². The molecule has 0 spiro atoms. The summed E-state index contributed by atoms with van der Waals surface area (Å²) in [5.74, 6) is 0.730. The fraction of sp³-hybridized carbons (Fsp3) is 0.167. The van der Waals surface area contributed by atoms with E-state index in [0.29, 0.717) is 23.5 Å². The highest BCUT2D eigenvalue weighted by atomic mass is 32.2. The van der Waals surface area contributed by atoms with Gasteiger partial charge >= 0.3 is 6.03 Å². The van der Waals surface area contributed by atoms with Gasteiger partial charge in [-0.2, -0.15) is 0 Å². The van der Waals surface area contributed by atoms with Crippen molar-refractivity contribution in [2.24, 2.45) is 0 Å². The van der Waals surface area contributed by atoms with E-state index < -0.39 is 16.1 Å². The van der Waals surface area contributed by atoms with Crippen molar-refractivity contribution < 1.29 is 17.9 Å². The number of nitrogens with one attached hydrogen (secondary N) is 3. The Kier molecular flexibility index (Phi) is 6.71. The standard InChI is InChI=1S/C24H24N4O4S2/c1-4-32-19-9-7-17(8-10-19)25-23(29)26-18-13-16(3)22-21(14-18)33-24(27-22)28-34(30,31)20-11-5-15(2)6-12-20/h5-14H,4H2,1-3H3,(H,27,28)(H2,25,26,29). The van der Waals surface area contributed by atoms with Gasteiger partial charge in [0.25, 0.3) is 10.0 Å². The van der Waals surface area contributed by atoms with Crippen molar-refractivity contribution in [2.75, 3.05) is 22.0 Å². The number of carbonyl (C=O) groups excluding carboxylic acids is 1. The maximum Gasteiger partial charge on any atom is 0.323 e.